The van der Waals surface area contributed by atoms with Crippen LogP contribution in [0.1, 0.15) is 44.5 Å². The lowest BCUT2D eigenvalue weighted by molar-refractivity contribution is 1.24. The van der Waals surface area contributed by atoms with E-state index in [2.05, 4.69) is 91.8 Å². The second-order valence-electron chi connectivity index (χ2n) is 8.46. The lowest BCUT2D eigenvalue weighted by atomic mass is 9.81. The molecule has 0 fully saturated rings. The molecular weight excluding hydrogens is 336 g/mol. The van der Waals surface area contributed by atoms with Crippen LogP contribution in [0, 0.1) is 55.4 Å². The summed E-state index contributed by atoms with van der Waals surface area (Å²) in [7, 11) is 0. The first kappa shape index (κ1) is 18.7. The van der Waals surface area contributed by atoms with Crippen molar-refractivity contribution in [2.75, 3.05) is 0 Å². The summed E-state index contributed by atoms with van der Waals surface area (Å²) in [6.07, 6.45) is 0. The zero-order valence-corrected chi connectivity index (χ0v) is 18.5. The molecule has 0 radical (unpaired) electrons. The van der Waals surface area contributed by atoms with Gasteiger partial charge < -0.3 is 0 Å². The van der Waals surface area contributed by atoms with Gasteiger partial charge in [-0.05, 0) is 139 Å². The minimum atomic E-state index is 1.31. The molecule has 28 heavy (non-hydrogen) atoms. The van der Waals surface area contributed by atoms with Crippen molar-refractivity contribution >= 4 is 21.5 Å². The molecule has 0 spiro atoms. The highest BCUT2D eigenvalue weighted by Gasteiger charge is 2.20. The van der Waals surface area contributed by atoms with E-state index in [0.29, 0.717) is 0 Å². The molecule has 4 aromatic rings. The fourth-order valence-corrected chi connectivity index (χ4v) is 4.85. The Bertz CT molecular complexity index is 1180. The lowest BCUT2D eigenvalue weighted by Crippen LogP contribution is -2.01. The number of benzene rings is 4. The van der Waals surface area contributed by atoms with Crippen LogP contribution in [-0.4, -0.2) is 0 Å². The van der Waals surface area contributed by atoms with E-state index in [9.17, 15) is 0 Å². The molecule has 0 aliphatic carbocycles. The van der Waals surface area contributed by atoms with Crippen molar-refractivity contribution in [2.24, 2.45) is 0 Å². The Balaban J connectivity index is 2.43. The molecule has 0 saturated heterocycles. The van der Waals surface area contributed by atoms with E-state index in [1.807, 2.05) is 0 Å². The molecule has 0 aromatic heterocycles. The maximum absolute atomic E-state index is 2.46. The molecule has 142 valence electrons. The first-order chi connectivity index (χ1) is 13.3. The second kappa shape index (κ2) is 6.48. The largest absolute Gasteiger partial charge is 0.0622 e. The van der Waals surface area contributed by atoms with E-state index in [1.165, 1.54) is 77.2 Å². The summed E-state index contributed by atoms with van der Waals surface area (Å²) in [6.45, 7) is 18.2. The quantitative estimate of drug-likeness (QED) is 0.298. The van der Waals surface area contributed by atoms with Gasteiger partial charge in [-0.3, -0.25) is 0 Å². The van der Waals surface area contributed by atoms with Gasteiger partial charge >= 0.3 is 0 Å². The normalized spacial score (nSPS) is 11.6. The predicted octanol–water partition coefficient (Wildman–Crippen LogP) is 8.13. The van der Waals surface area contributed by atoms with E-state index in [0.717, 1.165) is 0 Å². The van der Waals surface area contributed by atoms with Crippen molar-refractivity contribution < 1.29 is 0 Å². The van der Waals surface area contributed by atoms with Gasteiger partial charge in [0.15, 0.2) is 0 Å². The topological polar surface area (TPSA) is 0 Å². The van der Waals surface area contributed by atoms with Crippen LogP contribution in [0.15, 0.2) is 36.4 Å². The maximum Gasteiger partial charge on any atom is -0.00211 e. The van der Waals surface area contributed by atoms with Gasteiger partial charge in [0.25, 0.3) is 0 Å². The standard InChI is InChI=1S/C28H30/c1-15-17(3)21(7)26-24(19(15)5)14-25-20(6)16(2)18(4)22(8)27(25)28(26)23-12-10-9-11-13-23/h9-14H,1-8H3. The Hall–Kier alpha value is -2.60. The zero-order chi connectivity index (χ0) is 20.3. The molecule has 4 rings (SSSR count). The van der Waals surface area contributed by atoms with Gasteiger partial charge in [-0.2, -0.15) is 0 Å². The van der Waals surface area contributed by atoms with Gasteiger partial charge in [-0.25, -0.2) is 0 Å². The van der Waals surface area contributed by atoms with Gasteiger partial charge in [0.1, 0.15) is 0 Å². The summed E-state index contributed by atoms with van der Waals surface area (Å²) in [6, 6.07) is 13.4. The second-order valence-corrected chi connectivity index (χ2v) is 8.46. The average molecular weight is 367 g/mol. The third-order valence-corrected chi connectivity index (χ3v) is 7.32. The van der Waals surface area contributed by atoms with E-state index < -0.39 is 0 Å². The van der Waals surface area contributed by atoms with Crippen LogP contribution in [0.25, 0.3) is 32.7 Å². The molecular formula is C28H30. The highest BCUT2D eigenvalue weighted by atomic mass is 14.2. The first-order valence-corrected chi connectivity index (χ1v) is 10.2. The van der Waals surface area contributed by atoms with Crippen LogP contribution in [0.5, 0.6) is 0 Å². The lowest BCUT2D eigenvalue weighted by Gasteiger charge is -2.23. The molecule has 0 aliphatic rings. The van der Waals surface area contributed by atoms with Crippen LogP contribution >= 0.6 is 0 Å². The van der Waals surface area contributed by atoms with E-state index in [1.54, 1.807) is 0 Å². The summed E-state index contributed by atoms with van der Waals surface area (Å²) in [5, 5.41) is 5.64. The molecule has 0 atom stereocenters. The predicted molar refractivity (Wildman–Crippen MR) is 125 cm³/mol. The molecule has 0 aliphatic heterocycles. The number of hydrogen-bond acceptors (Lipinski definition) is 0. The summed E-state index contributed by atoms with van der Waals surface area (Å²) in [4.78, 5) is 0. The minimum absolute atomic E-state index is 1.31. The molecule has 0 N–H and O–H groups in total. The Morgan fingerprint density at radius 3 is 1.25 bits per heavy atom. The summed E-state index contributed by atoms with van der Waals surface area (Å²) in [5.41, 5.74) is 14.0. The molecule has 0 unspecified atom stereocenters. The third kappa shape index (κ3) is 2.44. The first-order valence-electron chi connectivity index (χ1n) is 10.2. The van der Waals surface area contributed by atoms with Crippen LogP contribution in [-0.2, 0) is 0 Å². The Morgan fingerprint density at radius 2 is 0.821 bits per heavy atom. The molecule has 0 nitrogen and oxygen atoms in total. The Labute approximate surface area is 169 Å². The van der Waals surface area contributed by atoms with E-state index in [4.69, 9.17) is 0 Å². The van der Waals surface area contributed by atoms with Crippen LogP contribution in [0.3, 0.4) is 0 Å². The fourth-order valence-electron chi connectivity index (χ4n) is 4.85. The zero-order valence-electron chi connectivity index (χ0n) is 18.5. The van der Waals surface area contributed by atoms with Crippen molar-refractivity contribution in [3.8, 4) is 11.1 Å². The van der Waals surface area contributed by atoms with E-state index in [-0.39, 0.29) is 0 Å². The molecule has 0 heteroatoms. The van der Waals surface area contributed by atoms with Crippen molar-refractivity contribution in [1.82, 2.24) is 0 Å². The number of hydrogen-bond donors (Lipinski definition) is 0. The van der Waals surface area contributed by atoms with Gasteiger partial charge in [0, 0.05) is 0 Å². The van der Waals surface area contributed by atoms with Gasteiger partial charge in [0.05, 0.1) is 0 Å². The third-order valence-electron chi connectivity index (χ3n) is 7.32. The van der Waals surface area contributed by atoms with Crippen LogP contribution in [0.4, 0.5) is 0 Å². The molecule has 4 aromatic carbocycles. The highest BCUT2D eigenvalue weighted by Crippen LogP contribution is 2.44. The van der Waals surface area contributed by atoms with Crippen LogP contribution in [0.2, 0.25) is 0 Å². The molecule has 0 amide bonds. The Morgan fingerprint density at radius 1 is 0.429 bits per heavy atom. The van der Waals surface area contributed by atoms with Crippen molar-refractivity contribution in [1.29, 1.82) is 0 Å². The summed E-state index contributed by atoms with van der Waals surface area (Å²) >= 11 is 0. The average Bonchev–Trinajstić information content (AvgIpc) is 2.72. The van der Waals surface area contributed by atoms with Gasteiger partial charge in [0.2, 0.25) is 0 Å². The molecule has 0 bridgehead atoms. The van der Waals surface area contributed by atoms with Gasteiger partial charge in [-0.15, -0.1) is 0 Å². The maximum atomic E-state index is 2.46. The van der Waals surface area contributed by atoms with Gasteiger partial charge in [-0.1, -0.05) is 30.3 Å². The molecule has 0 saturated carbocycles. The molecule has 0 heterocycles. The number of rotatable bonds is 1. The SMILES string of the molecule is Cc1c(C)c(C)c2c(-c3ccccc3)c3c(C)c(C)c(C)c(C)c3cc2c1C. The van der Waals surface area contributed by atoms with Crippen molar-refractivity contribution in [3.05, 3.63) is 80.9 Å². The van der Waals surface area contributed by atoms with E-state index >= 15 is 0 Å². The highest BCUT2D eigenvalue weighted by molar-refractivity contribution is 6.17. The number of fused-ring (bicyclic) bond motifs is 2. The summed E-state index contributed by atoms with van der Waals surface area (Å²) in [5.74, 6) is 0. The minimum Gasteiger partial charge on any atom is -0.0622 e. The van der Waals surface area contributed by atoms with Crippen molar-refractivity contribution in [3.63, 3.8) is 0 Å². The number of aryl methyl sites for hydroxylation is 4. The van der Waals surface area contributed by atoms with Crippen LogP contribution < -0.4 is 0 Å². The van der Waals surface area contributed by atoms with Crippen molar-refractivity contribution in [2.45, 2.75) is 55.4 Å². The monoisotopic (exact) mass is 366 g/mol. The summed E-state index contributed by atoms with van der Waals surface area (Å²) < 4.78 is 0. The smallest absolute Gasteiger partial charge is 0.00211 e. The fraction of sp³-hybridized carbons (Fsp3) is 0.286. The Kier molecular flexibility index (Phi) is 4.34.